The highest BCUT2D eigenvalue weighted by Gasteiger charge is 2.30. The Morgan fingerprint density at radius 3 is 2.43 bits per heavy atom. The molecule has 35 heavy (non-hydrogen) atoms. The number of para-hydroxylation sites is 1. The minimum absolute atomic E-state index is 0.00590. The summed E-state index contributed by atoms with van der Waals surface area (Å²) in [7, 11) is -3.71. The van der Waals surface area contributed by atoms with Gasteiger partial charge in [0.1, 0.15) is 5.75 Å². The molecule has 4 rings (SSSR count). The molecule has 0 spiro atoms. The first-order chi connectivity index (χ1) is 16.7. The van der Waals surface area contributed by atoms with E-state index >= 15 is 0 Å². The molecule has 12 heteroatoms. The maximum absolute atomic E-state index is 13.1. The van der Waals surface area contributed by atoms with Crippen molar-refractivity contribution in [1.82, 2.24) is 5.32 Å². The smallest absolute Gasteiger partial charge is 0.269 e. The number of hydrogen-bond donors (Lipinski definition) is 2. The molecular weight excluding hydrogens is 492 g/mol. The fraction of sp³-hybridized carbons (Fsp3) is 0.130. The normalized spacial score (nSPS) is 12.5. The fourth-order valence-electron chi connectivity index (χ4n) is 3.53. The van der Waals surface area contributed by atoms with Crippen molar-refractivity contribution in [2.75, 3.05) is 22.8 Å². The van der Waals surface area contributed by atoms with Crippen LogP contribution in [0.5, 0.6) is 5.75 Å². The number of nitrogens with one attached hydrogen (secondary N) is 2. The maximum atomic E-state index is 13.1. The Hall–Kier alpha value is -4.03. The molecule has 1 amide bonds. The van der Waals surface area contributed by atoms with Crippen LogP contribution in [0, 0.1) is 10.1 Å². The second kappa shape index (κ2) is 10.1. The van der Waals surface area contributed by atoms with E-state index < -0.39 is 20.9 Å². The van der Waals surface area contributed by atoms with E-state index in [1.807, 2.05) is 18.2 Å². The SMILES string of the molecule is O=C(COc1ccc([N+](=O)[O-])cc1)NC(=S)Nc1ccc(S(=O)(=O)N2CCc3ccccc32)cc1. The van der Waals surface area contributed by atoms with Crippen molar-refractivity contribution in [2.24, 2.45) is 0 Å². The lowest BCUT2D eigenvalue weighted by Crippen LogP contribution is -2.37. The number of thiocarbonyl (C=S) groups is 1. The minimum Gasteiger partial charge on any atom is -0.484 e. The van der Waals surface area contributed by atoms with Crippen molar-refractivity contribution in [3.05, 3.63) is 88.5 Å². The molecule has 0 saturated heterocycles. The zero-order valence-corrected chi connectivity index (χ0v) is 19.8. The number of hydrogen-bond acceptors (Lipinski definition) is 7. The van der Waals surface area contributed by atoms with Gasteiger partial charge in [-0.3, -0.25) is 24.5 Å². The van der Waals surface area contributed by atoms with Crippen molar-refractivity contribution in [2.45, 2.75) is 11.3 Å². The highest BCUT2D eigenvalue weighted by Crippen LogP contribution is 2.32. The van der Waals surface area contributed by atoms with Crippen molar-refractivity contribution >= 4 is 50.3 Å². The van der Waals surface area contributed by atoms with Gasteiger partial charge in [-0.1, -0.05) is 18.2 Å². The van der Waals surface area contributed by atoms with Crippen LogP contribution in [-0.2, 0) is 21.2 Å². The number of non-ortho nitro benzene ring substituents is 1. The Morgan fingerprint density at radius 2 is 1.74 bits per heavy atom. The Labute approximate surface area is 206 Å². The van der Waals surface area contributed by atoms with Crippen LogP contribution in [0.25, 0.3) is 0 Å². The number of anilines is 2. The number of carbonyl (C=O) groups excluding carboxylic acids is 1. The van der Waals surface area contributed by atoms with Crippen LogP contribution in [0.2, 0.25) is 0 Å². The third kappa shape index (κ3) is 5.55. The van der Waals surface area contributed by atoms with Gasteiger partial charge in [-0.05, 0) is 66.7 Å². The first kappa shape index (κ1) is 24.1. The van der Waals surface area contributed by atoms with E-state index in [0.29, 0.717) is 30.1 Å². The van der Waals surface area contributed by atoms with Crippen LogP contribution >= 0.6 is 12.2 Å². The molecule has 0 atom stereocenters. The second-order valence-corrected chi connectivity index (χ2v) is 9.79. The van der Waals surface area contributed by atoms with Gasteiger partial charge >= 0.3 is 0 Å². The van der Waals surface area contributed by atoms with Gasteiger partial charge in [0.25, 0.3) is 21.6 Å². The summed E-state index contributed by atoms with van der Waals surface area (Å²) in [5, 5.41) is 15.9. The summed E-state index contributed by atoms with van der Waals surface area (Å²) in [6.07, 6.45) is 0.664. The van der Waals surface area contributed by atoms with Crippen molar-refractivity contribution in [3.63, 3.8) is 0 Å². The molecule has 0 radical (unpaired) electrons. The number of carbonyl (C=O) groups is 1. The Bertz CT molecular complexity index is 1380. The molecule has 10 nitrogen and oxygen atoms in total. The minimum atomic E-state index is -3.71. The van der Waals surface area contributed by atoms with Crippen LogP contribution in [0.3, 0.4) is 0 Å². The van der Waals surface area contributed by atoms with E-state index in [2.05, 4.69) is 10.6 Å². The number of ether oxygens (including phenoxy) is 1. The van der Waals surface area contributed by atoms with Crippen LogP contribution < -0.4 is 19.7 Å². The van der Waals surface area contributed by atoms with Gasteiger partial charge in [-0.15, -0.1) is 0 Å². The Kier molecular flexibility index (Phi) is 6.94. The summed E-state index contributed by atoms with van der Waals surface area (Å²) in [4.78, 5) is 22.3. The maximum Gasteiger partial charge on any atom is 0.269 e. The molecule has 0 fully saturated rings. The number of nitro benzene ring substituents is 1. The second-order valence-electron chi connectivity index (χ2n) is 7.52. The standard InChI is InChI=1S/C23H20N4O6S2/c28-22(15-33-19-9-7-18(8-10-19)27(29)30)25-23(34)24-17-5-11-20(12-6-17)35(31,32)26-14-13-16-3-1-2-4-21(16)26/h1-12H,13-15H2,(H2,24,25,28,34). The first-order valence-electron chi connectivity index (χ1n) is 10.4. The third-order valence-corrected chi connectivity index (χ3v) is 7.25. The van der Waals surface area contributed by atoms with Gasteiger partial charge in [0.15, 0.2) is 11.7 Å². The highest BCUT2D eigenvalue weighted by molar-refractivity contribution is 7.92. The molecule has 0 saturated carbocycles. The molecule has 0 bridgehead atoms. The summed E-state index contributed by atoms with van der Waals surface area (Å²) >= 11 is 5.13. The predicted octanol–water partition coefficient (Wildman–Crippen LogP) is 3.24. The molecule has 1 aliphatic rings. The van der Waals surface area contributed by atoms with Gasteiger partial charge in [-0.2, -0.15) is 0 Å². The number of amides is 1. The average Bonchev–Trinajstić information content (AvgIpc) is 3.28. The third-order valence-electron chi connectivity index (χ3n) is 5.22. The largest absolute Gasteiger partial charge is 0.484 e. The lowest BCUT2D eigenvalue weighted by Gasteiger charge is -2.19. The van der Waals surface area contributed by atoms with Gasteiger partial charge in [0, 0.05) is 24.4 Å². The molecule has 3 aromatic carbocycles. The summed E-state index contributed by atoms with van der Waals surface area (Å²) in [6.45, 7) is 0.0356. The van der Waals surface area contributed by atoms with E-state index in [1.165, 1.54) is 40.7 Å². The Morgan fingerprint density at radius 1 is 1.06 bits per heavy atom. The number of fused-ring (bicyclic) bond motifs is 1. The zero-order valence-electron chi connectivity index (χ0n) is 18.2. The molecule has 1 aliphatic heterocycles. The highest BCUT2D eigenvalue weighted by atomic mass is 32.2. The lowest BCUT2D eigenvalue weighted by atomic mass is 10.2. The molecule has 3 aromatic rings. The predicted molar refractivity (Wildman–Crippen MR) is 134 cm³/mol. The van der Waals surface area contributed by atoms with E-state index in [0.717, 1.165) is 5.56 Å². The van der Waals surface area contributed by atoms with Crippen LogP contribution in [0.1, 0.15) is 5.56 Å². The number of nitrogens with zero attached hydrogens (tertiary/aromatic N) is 2. The first-order valence-corrected chi connectivity index (χ1v) is 12.3. The van der Waals surface area contributed by atoms with Crippen LogP contribution in [0.15, 0.2) is 77.7 Å². The van der Waals surface area contributed by atoms with E-state index in [9.17, 15) is 23.3 Å². The molecular formula is C23H20N4O6S2. The van der Waals surface area contributed by atoms with Crippen molar-refractivity contribution < 1.29 is 22.9 Å². The Balaban J connectivity index is 1.31. The molecule has 2 N–H and O–H groups in total. The number of sulfonamides is 1. The van der Waals surface area contributed by atoms with Crippen LogP contribution in [-0.4, -0.2) is 37.5 Å². The average molecular weight is 513 g/mol. The van der Waals surface area contributed by atoms with Gasteiger partial charge < -0.3 is 10.1 Å². The molecule has 0 aromatic heterocycles. The van der Waals surface area contributed by atoms with Crippen molar-refractivity contribution in [3.8, 4) is 5.75 Å². The van der Waals surface area contributed by atoms with E-state index in [1.54, 1.807) is 18.2 Å². The number of nitro groups is 1. The summed E-state index contributed by atoms with van der Waals surface area (Å²) < 4.78 is 32.9. The molecule has 1 heterocycles. The zero-order chi connectivity index (χ0) is 25.0. The summed E-state index contributed by atoms with van der Waals surface area (Å²) in [6, 6.07) is 18.8. The van der Waals surface area contributed by atoms with Gasteiger partial charge in [-0.25, -0.2) is 8.42 Å². The topological polar surface area (TPSA) is 131 Å². The summed E-state index contributed by atoms with van der Waals surface area (Å²) in [5.41, 5.74) is 2.09. The van der Waals surface area contributed by atoms with Gasteiger partial charge in [0.2, 0.25) is 0 Å². The van der Waals surface area contributed by atoms with E-state index in [-0.39, 0.29) is 22.3 Å². The van der Waals surface area contributed by atoms with E-state index in [4.69, 9.17) is 17.0 Å². The lowest BCUT2D eigenvalue weighted by molar-refractivity contribution is -0.384. The molecule has 0 aliphatic carbocycles. The monoisotopic (exact) mass is 512 g/mol. The quantitative estimate of drug-likeness (QED) is 0.280. The number of benzene rings is 3. The van der Waals surface area contributed by atoms with Crippen LogP contribution in [0.4, 0.5) is 17.1 Å². The molecule has 0 unspecified atom stereocenters. The fourth-order valence-corrected chi connectivity index (χ4v) is 5.27. The van der Waals surface area contributed by atoms with Crippen molar-refractivity contribution in [1.29, 1.82) is 0 Å². The molecule has 180 valence electrons. The number of rotatable bonds is 7. The summed E-state index contributed by atoms with van der Waals surface area (Å²) in [5.74, 6) is -0.241. The van der Waals surface area contributed by atoms with Gasteiger partial charge in [0.05, 0.1) is 15.5 Å².